The monoisotopic (exact) mass is 307 g/mol. The molecule has 0 aliphatic rings. The first-order chi connectivity index (χ1) is 10.0. The van der Waals surface area contributed by atoms with Crippen LogP contribution in [0.3, 0.4) is 0 Å². The van der Waals surface area contributed by atoms with Crippen LogP contribution in [0.4, 0.5) is 5.69 Å². The highest BCUT2D eigenvalue weighted by atomic mass is 35.5. The van der Waals surface area contributed by atoms with Gasteiger partial charge in [-0.2, -0.15) is 0 Å². The molecular weight excluding hydrogens is 298 g/mol. The summed E-state index contributed by atoms with van der Waals surface area (Å²) in [4.78, 5) is 10.4. The van der Waals surface area contributed by atoms with Crippen molar-refractivity contribution in [3.05, 3.63) is 63.2 Å². The van der Waals surface area contributed by atoms with Crippen molar-refractivity contribution < 1.29 is 14.9 Å². The minimum Gasteiger partial charge on any atom is -0.450 e. The van der Waals surface area contributed by atoms with E-state index in [1.165, 1.54) is 30.3 Å². The molecule has 0 aromatic heterocycles. The Morgan fingerprint density at radius 3 is 2.52 bits per heavy atom. The second-order valence-electron chi connectivity index (χ2n) is 3.98. The molecule has 0 saturated carbocycles. The molecular formula is C13H10ClN3O4. The first kappa shape index (κ1) is 14.6. The van der Waals surface area contributed by atoms with Gasteiger partial charge in [-0.3, -0.25) is 10.1 Å². The van der Waals surface area contributed by atoms with E-state index in [2.05, 4.69) is 5.16 Å². The Hall–Kier alpha value is -2.80. The zero-order valence-electron chi connectivity index (χ0n) is 10.6. The number of nitrogens with zero attached hydrogens (tertiary/aromatic N) is 2. The van der Waals surface area contributed by atoms with E-state index in [1.807, 2.05) is 0 Å². The van der Waals surface area contributed by atoms with Crippen molar-refractivity contribution in [1.29, 1.82) is 0 Å². The maximum Gasteiger partial charge on any atom is 0.311 e. The topological polar surface area (TPSA) is 111 Å². The number of hydrogen-bond donors (Lipinski definition) is 2. The van der Waals surface area contributed by atoms with Crippen LogP contribution in [-0.4, -0.2) is 16.0 Å². The van der Waals surface area contributed by atoms with Crippen molar-refractivity contribution in [2.24, 2.45) is 10.9 Å². The summed E-state index contributed by atoms with van der Waals surface area (Å²) in [5.41, 5.74) is 5.73. The van der Waals surface area contributed by atoms with Gasteiger partial charge in [0.25, 0.3) is 0 Å². The summed E-state index contributed by atoms with van der Waals surface area (Å²) in [6, 6.07) is 10.2. The standard InChI is InChI=1S/C13H10ClN3O4/c14-9-3-6-11(17(19)20)12(7-9)21-10-4-1-8(2-5-10)13(15)16-18/h1-7,18H,(H2,15,16). The third kappa shape index (κ3) is 3.40. The van der Waals surface area contributed by atoms with Crippen molar-refractivity contribution >= 4 is 23.1 Å². The second kappa shape index (κ2) is 6.10. The quantitative estimate of drug-likeness (QED) is 0.296. The molecule has 0 aliphatic heterocycles. The molecule has 21 heavy (non-hydrogen) atoms. The highest BCUT2D eigenvalue weighted by Crippen LogP contribution is 2.33. The lowest BCUT2D eigenvalue weighted by atomic mass is 10.2. The van der Waals surface area contributed by atoms with Gasteiger partial charge in [0.15, 0.2) is 5.84 Å². The highest BCUT2D eigenvalue weighted by molar-refractivity contribution is 6.30. The molecule has 0 bridgehead atoms. The normalized spacial score (nSPS) is 11.2. The molecule has 108 valence electrons. The number of nitrogens with two attached hydrogens (primary N) is 1. The van der Waals surface area contributed by atoms with E-state index < -0.39 is 4.92 Å². The number of hydrogen-bond acceptors (Lipinski definition) is 5. The van der Waals surface area contributed by atoms with Gasteiger partial charge in [-0.25, -0.2) is 0 Å². The molecule has 0 saturated heterocycles. The number of amidine groups is 1. The fourth-order valence-electron chi connectivity index (χ4n) is 1.60. The number of oxime groups is 1. The maximum atomic E-state index is 10.9. The maximum absolute atomic E-state index is 10.9. The number of ether oxygens (including phenoxy) is 1. The zero-order chi connectivity index (χ0) is 15.4. The lowest BCUT2D eigenvalue weighted by Crippen LogP contribution is -2.12. The second-order valence-corrected chi connectivity index (χ2v) is 4.42. The number of rotatable bonds is 4. The van der Waals surface area contributed by atoms with Gasteiger partial charge in [0.2, 0.25) is 5.75 Å². The summed E-state index contributed by atoms with van der Waals surface area (Å²) in [6.07, 6.45) is 0. The Bertz CT molecular complexity index is 701. The average Bonchev–Trinajstić information content (AvgIpc) is 2.47. The Morgan fingerprint density at radius 1 is 1.29 bits per heavy atom. The van der Waals surface area contributed by atoms with E-state index in [0.29, 0.717) is 16.3 Å². The minimum atomic E-state index is -0.559. The summed E-state index contributed by atoms with van der Waals surface area (Å²) in [5, 5.41) is 22.7. The van der Waals surface area contributed by atoms with Gasteiger partial charge >= 0.3 is 5.69 Å². The number of benzene rings is 2. The summed E-state index contributed by atoms with van der Waals surface area (Å²) < 4.78 is 5.45. The van der Waals surface area contributed by atoms with Crippen LogP contribution in [0, 0.1) is 10.1 Å². The van der Waals surface area contributed by atoms with E-state index in [1.54, 1.807) is 12.1 Å². The molecule has 0 aliphatic carbocycles. The molecule has 0 amide bonds. The molecule has 3 N–H and O–H groups in total. The Labute approximate surface area is 124 Å². The van der Waals surface area contributed by atoms with Crippen molar-refractivity contribution in [2.75, 3.05) is 0 Å². The Kier molecular flexibility index (Phi) is 4.24. The first-order valence-corrected chi connectivity index (χ1v) is 6.09. The predicted octanol–water partition coefficient (Wildman–Crippen LogP) is 3.14. The third-order valence-electron chi connectivity index (χ3n) is 2.60. The fourth-order valence-corrected chi connectivity index (χ4v) is 1.76. The zero-order valence-corrected chi connectivity index (χ0v) is 11.3. The lowest BCUT2D eigenvalue weighted by Gasteiger charge is -2.07. The Morgan fingerprint density at radius 2 is 1.95 bits per heavy atom. The van der Waals surface area contributed by atoms with Crippen LogP contribution < -0.4 is 10.5 Å². The van der Waals surface area contributed by atoms with Crippen LogP contribution in [0.25, 0.3) is 0 Å². The Balaban J connectivity index is 2.30. The van der Waals surface area contributed by atoms with Crippen molar-refractivity contribution in [1.82, 2.24) is 0 Å². The van der Waals surface area contributed by atoms with Crippen LogP contribution in [0.2, 0.25) is 5.02 Å². The molecule has 0 spiro atoms. The molecule has 8 heteroatoms. The van der Waals surface area contributed by atoms with Crippen LogP contribution in [0.1, 0.15) is 5.56 Å². The van der Waals surface area contributed by atoms with E-state index in [4.69, 9.17) is 27.3 Å². The number of nitro benzene ring substituents is 1. The molecule has 2 rings (SSSR count). The van der Waals surface area contributed by atoms with Crippen LogP contribution >= 0.6 is 11.6 Å². The summed E-state index contributed by atoms with van der Waals surface area (Å²) in [7, 11) is 0. The highest BCUT2D eigenvalue weighted by Gasteiger charge is 2.16. The number of halogens is 1. The summed E-state index contributed by atoms with van der Waals surface area (Å²) in [5.74, 6) is 0.342. The average molecular weight is 308 g/mol. The van der Waals surface area contributed by atoms with Gasteiger partial charge in [0, 0.05) is 22.7 Å². The van der Waals surface area contributed by atoms with E-state index >= 15 is 0 Å². The van der Waals surface area contributed by atoms with Gasteiger partial charge in [-0.05, 0) is 30.3 Å². The first-order valence-electron chi connectivity index (χ1n) is 5.71. The van der Waals surface area contributed by atoms with Gasteiger partial charge < -0.3 is 15.7 Å². The van der Waals surface area contributed by atoms with Gasteiger partial charge in [0.05, 0.1) is 4.92 Å². The molecule has 2 aromatic rings. The van der Waals surface area contributed by atoms with Crippen molar-refractivity contribution in [3.63, 3.8) is 0 Å². The van der Waals surface area contributed by atoms with Gasteiger partial charge in [-0.15, -0.1) is 0 Å². The van der Waals surface area contributed by atoms with Crippen LogP contribution in [0.5, 0.6) is 11.5 Å². The number of nitro groups is 1. The van der Waals surface area contributed by atoms with E-state index in [9.17, 15) is 10.1 Å². The molecule has 0 fully saturated rings. The minimum absolute atomic E-state index is 0.0315. The smallest absolute Gasteiger partial charge is 0.311 e. The largest absolute Gasteiger partial charge is 0.450 e. The van der Waals surface area contributed by atoms with E-state index in [-0.39, 0.29) is 17.3 Å². The lowest BCUT2D eigenvalue weighted by molar-refractivity contribution is -0.385. The molecule has 7 nitrogen and oxygen atoms in total. The molecule has 0 radical (unpaired) electrons. The van der Waals surface area contributed by atoms with Gasteiger partial charge in [-0.1, -0.05) is 16.8 Å². The van der Waals surface area contributed by atoms with Crippen molar-refractivity contribution in [3.8, 4) is 11.5 Å². The molecule has 0 atom stereocenters. The molecule has 0 heterocycles. The van der Waals surface area contributed by atoms with Crippen molar-refractivity contribution in [2.45, 2.75) is 0 Å². The molecule has 2 aromatic carbocycles. The van der Waals surface area contributed by atoms with Crippen LogP contribution in [-0.2, 0) is 0 Å². The van der Waals surface area contributed by atoms with Gasteiger partial charge in [0.1, 0.15) is 5.75 Å². The van der Waals surface area contributed by atoms with E-state index in [0.717, 1.165) is 0 Å². The summed E-state index contributed by atoms with van der Waals surface area (Å²) >= 11 is 5.81. The predicted molar refractivity (Wildman–Crippen MR) is 77.1 cm³/mol. The summed E-state index contributed by atoms with van der Waals surface area (Å²) in [6.45, 7) is 0. The van der Waals surface area contributed by atoms with Crippen LogP contribution in [0.15, 0.2) is 47.6 Å². The third-order valence-corrected chi connectivity index (χ3v) is 2.84. The SMILES string of the molecule is NC(=NO)c1ccc(Oc2cc(Cl)ccc2[N+](=O)[O-])cc1. The molecule has 0 unspecified atom stereocenters. The fraction of sp³-hybridized carbons (Fsp3) is 0.